The van der Waals surface area contributed by atoms with Gasteiger partial charge in [-0.3, -0.25) is 0 Å². The molecule has 1 rings (SSSR count). The van der Waals surface area contributed by atoms with Crippen LogP contribution in [0.25, 0.3) is 0 Å². The van der Waals surface area contributed by atoms with Crippen molar-refractivity contribution < 1.29 is 0 Å². The SMILES string of the molecule is C/C=C/C(C)C1CC(C)CCC1C(C)C. The number of rotatable bonds is 3. The molecule has 0 aromatic carbocycles. The Morgan fingerprint density at radius 3 is 2.27 bits per heavy atom. The van der Waals surface area contributed by atoms with E-state index in [0.717, 1.165) is 29.6 Å². The van der Waals surface area contributed by atoms with E-state index in [1.165, 1.54) is 19.3 Å². The number of hydrogen-bond acceptors (Lipinski definition) is 0. The van der Waals surface area contributed by atoms with Crippen LogP contribution in [0.4, 0.5) is 0 Å². The first kappa shape index (κ1) is 12.8. The van der Waals surface area contributed by atoms with E-state index >= 15 is 0 Å². The Morgan fingerprint density at radius 1 is 1.07 bits per heavy atom. The molecule has 0 heterocycles. The van der Waals surface area contributed by atoms with Crippen molar-refractivity contribution in [3.8, 4) is 0 Å². The lowest BCUT2D eigenvalue weighted by Gasteiger charge is -2.40. The number of allylic oxidation sites excluding steroid dienone is 2. The summed E-state index contributed by atoms with van der Waals surface area (Å²) in [4.78, 5) is 0. The van der Waals surface area contributed by atoms with Crippen LogP contribution >= 0.6 is 0 Å². The van der Waals surface area contributed by atoms with Gasteiger partial charge in [-0.25, -0.2) is 0 Å². The van der Waals surface area contributed by atoms with Crippen LogP contribution in [0.15, 0.2) is 12.2 Å². The molecule has 0 aliphatic heterocycles. The molecule has 0 bridgehead atoms. The zero-order valence-electron chi connectivity index (χ0n) is 11.2. The summed E-state index contributed by atoms with van der Waals surface area (Å²) in [5, 5.41) is 0. The first-order valence-electron chi connectivity index (χ1n) is 6.69. The summed E-state index contributed by atoms with van der Waals surface area (Å²) in [6.07, 6.45) is 8.96. The van der Waals surface area contributed by atoms with Gasteiger partial charge in [0.2, 0.25) is 0 Å². The van der Waals surface area contributed by atoms with Crippen LogP contribution in [0.5, 0.6) is 0 Å². The zero-order valence-corrected chi connectivity index (χ0v) is 11.2. The summed E-state index contributed by atoms with van der Waals surface area (Å²) in [6.45, 7) is 11.8. The first-order chi connectivity index (χ1) is 7.06. The fraction of sp³-hybridized carbons (Fsp3) is 0.867. The molecule has 1 aliphatic rings. The normalized spacial score (nSPS) is 34.9. The highest BCUT2D eigenvalue weighted by Crippen LogP contribution is 2.42. The molecule has 1 saturated carbocycles. The topological polar surface area (TPSA) is 0 Å². The maximum Gasteiger partial charge on any atom is -0.0231 e. The summed E-state index contributed by atoms with van der Waals surface area (Å²) < 4.78 is 0. The van der Waals surface area contributed by atoms with Gasteiger partial charge in [-0.05, 0) is 49.4 Å². The maximum absolute atomic E-state index is 2.42. The largest absolute Gasteiger partial charge is 0.0914 e. The third-order valence-corrected chi connectivity index (χ3v) is 4.24. The van der Waals surface area contributed by atoms with Crippen LogP contribution < -0.4 is 0 Å². The van der Waals surface area contributed by atoms with Gasteiger partial charge >= 0.3 is 0 Å². The van der Waals surface area contributed by atoms with Crippen LogP contribution in [-0.2, 0) is 0 Å². The van der Waals surface area contributed by atoms with Gasteiger partial charge < -0.3 is 0 Å². The summed E-state index contributed by atoms with van der Waals surface area (Å²) in [5.41, 5.74) is 0. The average Bonchev–Trinajstić information content (AvgIpc) is 2.17. The molecule has 4 atom stereocenters. The van der Waals surface area contributed by atoms with Crippen molar-refractivity contribution in [2.45, 2.75) is 53.9 Å². The second-order valence-corrected chi connectivity index (χ2v) is 5.87. The van der Waals surface area contributed by atoms with E-state index in [1.807, 2.05) is 0 Å². The van der Waals surface area contributed by atoms with Crippen LogP contribution in [-0.4, -0.2) is 0 Å². The van der Waals surface area contributed by atoms with Gasteiger partial charge in [-0.15, -0.1) is 0 Å². The molecule has 0 radical (unpaired) electrons. The molecule has 88 valence electrons. The lowest BCUT2D eigenvalue weighted by atomic mass is 9.66. The molecule has 1 aliphatic carbocycles. The zero-order chi connectivity index (χ0) is 11.4. The summed E-state index contributed by atoms with van der Waals surface area (Å²) >= 11 is 0. The first-order valence-corrected chi connectivity index (χ1v) is 6.69. The molecule has 1 fully saturated rings. The Hall–Kier alpha value is -0.260. The molecule has 0 aromatic rings. The monoisotopic (exact) mass is 208 g/mol. The fourth-order valence-corrected chi connectivity index (χ4v) is 3.33. The lowest BCUT2D eigenvalue weighted by Crippen LogP contribution is -2.31. The van der Waals surface area contributed by atoms with Gasteiger partial charge in [0.25, 0.3) is 0 Å². The standard InChI is InChI=1S/C15H28/c1-6-7-13(5)15-10-12(4)8-9-14(15)11(2)3/h6-7,11-15H,8-10H2,1-5H3/b7-6+. The molecule has 4 unspecified atom stereocenters. The van der Waals surface area contributed by atoms with Crippen molar-refractivity contribution >= 4 is 0 Å². The lowest BCUT2D eigenvalue weighted by molar-refractivity contribution is 0.115. The second kappa shape index (κ2) is 5.72. The highest BCUT2D eigenvalue weighted by atomic mass is 14.4. The molecule has 0 aromatic heterocycles. The van der Waals surface area contributed by atoms with E-state index in [0.29, 0.717) is 0 Å². The van der Waals surface area contributed by atoms with E-state index in [2.05, 4.69) is 46.8 Å². The molecule has 0 amide bonds. The van der Waals surface area contributed by atoms with E-state index in [1.54, 1.807) is 0 Å². The van der Waals surface area contributed by atoms with Gasteiger partial charge in [0.1, 0.15) is 0 Å². The van der Waals surface area contributed by atoms with E-state index < -0.39 is 0 Å². The Bertz CT molecular complexity index is 202. The quantitative estimate of drug-likeness (QED) is 0.578. The van der Waals surface area contributed by atoms with Gasteiger partial charge in [0.05, 0.1) is 0 Å². The second-order valence-electron chi connectivity index (χ2n) is 5.87. The van der Waals surface area contributed by atoms with Crippen molar-refractivity contribution in [2.75, 3.05) is 0 Å². The molecule has 0 heteroatoms. The van der Waals surface area contributed by atoms with Crippen molar-refractivity contribution in [3.05, 3.63) is 12.2 Å². The van der Waals surface area contributed by atoms with Crippen LogP contribution in [0, 0.1) is 29.6 Å². The summed E-state index contributed by atoms with van der Waals surface area (Å²) in [5.74, 6) is 4.44. The molecule has 0 spiro atoms. The van der Waals surface area contributed by atoms with Gasteiger partial charge in [0, 0.05) is 0 Å². The summed E-state index contributed by atoms with van der Waals surface area (Å²) in [7, 11) is 0. The molecular weight excluding hydrogens is 180 g/mol. The van der Waals surface area contributed by atoms with Crippen LogP contribution in [0.2, 0.25) is 0 Å². The van der Waals surface area contributed by atoms with Crippen molar-refractivity contribution in [1.82, 2.24) is 0 Å². The van der Waals surface area contributed by atoms with Crippen molar-refractivity contribution in [2.24, 2.45) is 29.6 Å². The minimum Gasteiger partial charge on any atom is -0.0914 e. The Balaban J connectivity index is 2.69. The van der Waals surface area contributed by atoms with Crippen LogP contribution in [0.3, 0.4) is 0 Å². The Labute approximate surface area is 96.2 Å². The molecule has 15 heavy (non-hydrogen) atoms. The average molecular weight is 208 g/mol. The predicted octanol–water partition coefficient (Wildman–Crippen LogP) is 4.91. The number of hydrogen-bond donors (Lipinski definition) is 0. The van der Waals surface area contributed by atoms with Crippen LogP contribution in [0.1, 0.15) is 53.9 Å². The molecule has 0 nitrogen and oxygen atoms in total. The van der Waals surface area contributed by atoms with E-state index in [-0.39, 0.29) is 0 Å². The Kier molecular flexibility index (Phi) is 4.89. The van der Waals surface area contributed by atoms with Crippen molar-refractivity contribution in [1.29, 1.82) is 0 Å². The minimum atomic E-state index is 0.769. The predicted molar refractivity (Wildman–Crippen MR) is 68.8 cm³/mol. The highest BCUT2D eigenvalue weighted by Gasteiger charge is 2.32. The van der Waals surface area contributed by atoms with Gasteiger partial charge in [-0.2, -0.15) is 0 Å². The maximum atomic E-state index is 2.42. The summed E-state index contributed by atoms with van der Waals surface area (Å²) in [6, 6.07) is 0. The third-order valence-electron chi connectivity index (χ3n) is 4.24. The van der Waals surface area contributed by atoms with Gasteiger partial charge in [0.15, 0.2) is 0 Å². The molecular formula is C15H28. The third kappa shape index (κ3) is 3.36. The Morgan fingerprint density at radius 2 is 1.73 bits per heavy atom. The minimum absolute atomic E-state index is 0.769. The highest BCUT2D eigenvalue weighted by molar-refractivity contribution is 4.92. The van der Waals surface area contributed by atoms with E-state index in [9.17, 15) is 0 Å². The molecule has 0 N–H and O–H groups in total. The fourth-order valence-electron chi connectivity index (χ4n) is 3.33. The van der Waals surface area contributed by atoms with Gasteiger partial charge in [-0.1, -0.05) is 46.3 Å². The smallest absolute Gasteiger partial charge is 0.0231 e. The van der Waals surface area contributed by atoms with Crippen molar-refractivity contribution in [3.63, 3.8) is 0 Å². The molecule has 0 saturated heterocycles. The van der Waals surface area contributed by atoms with E-state index in [4.69, 9.17) is 0 Å².